The number of nitrogens with zero attached hydrogens (tertiary/aromatic N) is 1. The summed E-state index contributed by atoms with van der Waals surface area (Å²) >= 11 is 1.82. The molecule has 1 atom stereocenters. The van der Waals surface area contributed by atoms with Crippen LogP contribution in [0.1, 0.15) is 25.7 Å². The van der Waals surface area contributed by atoms with E-state index in [1.807, 2.05) is 11.8 Å². The second-order valence-electron chi connectivity index (χ2n) is 4.49. The van der Waals surface area contributed by atoms with Crippen LogP contribution in [-0.4, -0.2) is 56.9 Å². The van der Waals surface area contributed by atoms with Crippen LogP contribution in [0.15, 0.2) is 0 Å². The lowest BCUT2D eigenvalue weighted by Gasteiger charge is -2.23. The maximum absolute atomic E-state index is 11.9. The summed E-state index contributed by atoms with van der Waals surface area (Å²) in [7, 11) is -0.757. The number of esters is 1. The first-order chi connectivity index (χ1) is 8.95. The Labute approximate surface area is 119 Å². The fourth-order valence-corrected chi connectivity index (χ4v) is 4.06. The van der Waals surface area contributed by atoms with Crippen molar-refractivity contribution >= 4 is 27.9 Å². The van der Waals surface area contributed by atoms with Gasteiger partial charge in [0.05, 0.1) is 13.5 Å². The van der Waals surface area contributed by atoms with Gasteiger partial charge in [0, 0.05) is 25.4 Å². The zero-order chi connectivity index (χ0) is 14.3. The van der Waals surface area contributed by atoms with E-state index in [0.717, 1.165) is 22.9 Å². The third-order valence-electron chi connectivity index (χ3n) is 3.04. The molecular weight excluding hydrogens is 288 g/mol. The van der Waals surface area contributed by atoms with Gasteiger partial charge >= 0.3 is 5.97 Å². The summed E-state index contributed by atoms with van der Waals surface area (Å²) in [6.45, 7) is 0.579. The maximum Gasteiger partial charge on any atom is 0.306 e. The van der Waals surface area contributed by atoms with Crippen molar-refractivity contribution in [1.29, 1.82) is 0 Å². The third kappa shape index (κ3) is 6.11. The van der Waals surface area contributed by atoms with Gasteiger partial charge in [0.25, 0.3) is 10.2 Å². The summed E-state index contributed by atoms with van der Waals surface area (Å²) in [4.78, 5) is 11.0. The molecule has 0 radical (unpaired) electrons. The number of thioether (sulfide) groups is 1. The highest BCUT2D eigenvalue weighted by Gasteiger charge is 2.21. The van der Waals surface area contributed by atoms with Crippen LogP contribution < -0.4 is 4.72 Å². The maximum atomic E-state index is 11.9. The first-order valence-corrected chi connectivity index (χ1v) is 8.84. The van der Waals surface area contributed by atoms with Crippen molar-refractivity contribution in [2.45, 2.75) is 30.9 Å². The summed E-state index contributed by atoms with van der Waals surface area (Å²) in [6, 6.07) is 0. The molecule has 6 nitrogen and oxygen atoms in total. The lowest BCUT2D eigenvalue weighted by atomic mass is 10.2. The molecule has 112 valence electrons. The number of carbonyl (C=O) groups excluding carboxylic acids is 1. The van der Waals surface area contributed by atoms with Crippen LogP contribution in [0.4, 0.5) is 0 Å². The molecule has 1 saturated heterocycles. The second kappa shape index (κ2) is 8.08. The Bertz CT molecular complexity index is 380. The Balaban J connectivity index is 2.34. The quantitative estimate of drug-likeness (QED) is 0.697. The Morgan fingerprint density at radius 3 is 2.79 bits per heavy atom. The lowest BCUT2D eigenvalue weighted by molar-refractivity contribution is -0.140. The van der Waals surface area contributed by atoms with Gasteiger partial charge in [-0.1, -0.05) is 6.42 Å². The molecule has 1 N–H and O–H groups in total. The van der Waals surface area contributed by atoms with Crippen molar-refractivity contribution in [2.75, 3.05) is 33.0 Å². The first-order valence-electron chi connectivity index (χ1n) is 6.35. The topological polar surface area (TPSA) is 75.7 Å². The Morgan fingerprint density at radius 1 is 1.47 bits per heavy atom. The van der Waals surface area contributed by atoms with E-state index >= 15 is 0 Å². The number of carbonyl (C=O) groups is 1. The van der Waals surface area contributed by atoms with Crippen LogP contribution in [0.25, 0.3) is 0 Å². The smallest absolute Gasteiger partial charge is 0.306 e. The minimum Gasteiger partial charge on any atom is -0.469 e. The van der Waals surface area contributed by atoms with Gasteiger partial charge in [-0.2, -0.15) is 24.5 Å². The van der Waals surface area contributed by atoms with Crippen LogP contribution >= 0.6 is 11.8 Å². The lowest BCUT2D eigenvalue weighted by Crippen LogP contribution is -2.42. The fraction of sp³-hybridized carbons (Fsp3) is 0.909. The average molecular weight is 310 g/mol. The van der Waals surface area contributed by atoms with Crippen LogP contribution in [0.3, 0.4) is 0 Å². The Hall–Kier alpha value is -0.310. The van der Waals surface area contributed by atoms with Crippen LogP contribution in [-0.2, 0) is 19.7 Å². The standard InChI is InChI=1S/C11H22N2O4S2/c1-13(7-6-11(14)17-2)19(15,16)12-9-10-5-3-4-8-18-10/h10,12H,3-9H2,1-2H3. The van der Waals surface area contributed by atoms with Crippen molar-refractivity contribution in [3.8, 4) is 0 Å². The number of hydrogen-bond donors (Lipinski definition) is 1. The van der Waals surface area contributed by atoms with Gasteiger partial charge in [0.1, 0.15) is 0 Å². The highest BCUT2D eigenvalue weighted by atomic mass is 32.2. The van der Waals surface area contributed by atoms with Gasteiger partial charge in [-0.05, 0) is 18.6 Å². The van der Waals surface area contributed by atoms with Gasteiger partial charge in [0.15, 0.2) is 0 Å². The molecular formula is C11H22N2O4S2. The largest absolute Gasteiger partial charge is 0.469 e. The minimum atomic E-state index is -3.50. The number of nitrogens with one attached hydrogen (secondary N) is 1. The molecule has 1 rings (SSSR count). The molecule has 1 fully saturated rings. The molecule has 1 aliphatic rings. The molecule has 0 saturated carbocycles. The van der Waals surface area contributed by atoms with E-state index in [9.17, 15) is 13.2 Å². The fourth-order valence-electron chi connectivity index (χ4n) is 1.75. The van der Waals surface area contributed by atoms with Crippen molar-refractivity contribution in [1.82, 2.24) is 9.03 Å². The Morgan fingerprint density at radius 2 is 2.21 bits per heavy atom. The SMILES string of the molecule is COC(=O)CCN(C)S(=O)(=O)NCC1CCCCS1. The van der Waals surface area contributed by atoms with E-state index in [4.69, 9.17) is 0 Å². The third-order valence-corrected chi connectivity index (χ3v) is 5.97. The molecule has 0 spiro atoms. The van der Waals surface area contributed by atoms with E-state index in [0.29, 0.717) is 11.8 Å². The number of ether oxygens (including phenoxy) is 1. The van der Waals surface area contributed by atoms with E-state index in [-0.39, 0.29) is 13.0 Å². The van der Waals surface area contributed by atoms with Gasteiger partial charge in [0.2, 0.25) is 0 Å². The number of methoxy groups -OCH3 is 1. The first kappa shape index (κ1) is 16.7. The minimum absolute atomic E-state index is 0.0616. The van der Waals surface area contributed by atoms with Crippen molar-refractivity contribution in [3.63, 3.8) is 0 Å². The predicted octanol–water partition coefficient (Wildman–Crippen LogP) is 0.601. The van der Waals surface area contributed by atoms with Gasteiger partial charge < -0.3 is 4.74 Å². The van der Waals surface area contributed by atoms with Crippen LogP contribution in [0.2, 0.25) is 0 Å². The summed E-state index contributed by atoms with van der Waals surface area (Å²) in [5.41, 5.74) is 0. The van der Waals surface area contributed by atoms with Gasteiger partial charge in [-0.25, -0.2) is 4.72 Å². The normalized spacial score (nSPS) is 20.5. The molecule has 1 heterocycles. The summed E-state index contributed by atoms with van der Waals surface area (Å²) in [5, 5.41) is 0.359. The molecule has 0 aliphatic carbocycles. The molecule has 0 aromatic carbocycles. The van der Waals surface area contributed by atoms with Gasteiger partial charge in [-0.3, -0.25) is 4.79 Å². The molecule has 1 aliphatic heterocycles. The highest BCUT2D eigenvalue weighted by molar-refractivity contribution is 8.00. The number of rotatable bonds is 7. The van der Waals surface area contributed by atoms with E-state index < -0.39 is 16.2 Å². The van der Waals surface area contributed by atoms with Gasteiger partial charge in [-0.15, -0.1) is 0 Å². The zero-order valence-electron chi connectivity index (χ0n) is 11.4. The highest BCUT2D eigenvalue weighted by Crippen LogP contribution is 2.24. The average Bonchev–Trinajstić information content (AvgIpc) is 2.43. The molecule has 0 aromatic heterocycles. The van der Waals surface area contributed by atoms with Crippen molar-refractivity contribution in [2.24, 2.45) is 0 Å². The second-order valence-corrected chi connectivity index (χ2v) is 7.76. The van der Waals surface area contributed by atoms with Crippen molar-refractivity contribution in [3.05, 3.63) is 0 Å². The molecule has 0 amide bonds. The van der Waals surface area contributed by atoms with Crippen LogP contribution in [0, 0.1) is 0 Å². The van der Waals surface area contributed by atoms with E-state index in [1.54, 1.807) is 0 Å². The van der Waals surface area contributed by atoms with E-state index in [1.165, 1.54) is 20.6 Å². The van der Waals surface area contributed by atoms with E-state index in [2.05, 4.69) is 9.46 Å². The number of hydrogen-bond acceptors (Lipinski definition) is 5. The zero-order valence-corrected chi connectivity index (χ0v) is 13.1. The molecule has 19 heavy (non-hydrogen) atoms. The Kier molecular flexibility index (Phi) is 7.12. The predicted molar refractivity (Wildman–Crippen MR) is 76.3 cm³/mol. The summed E-state index contributed by atoms with van der Waals surface area (Å²) in [5.74, 6) is 0.690. The monoisotopic (exact) mass is 310 g/mol. The summed E-state index contributed by atoms with van der Waals surface area (Å²) < 4.78 is 32.1. The molecule has 8 heteroatoms. The molecule has 1 unspecified atom stereocenters. The van der Waals surface area contributed by atoms with Crippen molar-refractivity contribution < 1.29 is 17.9 Å². The summed E-state index contributed by atoms with van der Waals surface area (Å²) in [6.07, 6.45) is 3.50. The molecule has 0 bridgehead atoms. The van der Waals surface area contributed by atoms with Crippen LogP contribution in [0.5, 0.6) is 0 Å². The molecule has 0 aromatic rings.